The zero-order valence-electron chi connectivity index (χ0n) is 12.1. The number of nitrogens with one attached hydrogen (secondary N) is 1. The third kappa shape index (κ3) is 4.09. The van der Waals surface area contributed by atoms with Gasteiger partial charge in [0.2, 0.25) is 0 Å². The zero-order valence-corrected chi connectivity index (χ0v) is 12.9. The molecule has 0 bridgehead atoms. The topological polar surface area (TPSA) is 29.9 Å². The predicted octanol–water partition coefficient (Wildman–Crippen LogP) is 3.88. The Labute approximate surface area is 126 Å². The van der Waals surface area contributed by atoms with Crippen molar-refractivity contribution in [2.75, 3.05) is 0 Å². The monoisotopic (exact) mass is 291 g/mol. The van der Waals surface area contributed by atoms with E-state index in [9.17, 15) is 0 Å². The fourth-order valence-corrected chi connectivity index (χ4v) is 2.23. The van der Waals surface area contributed by atoms with E-state index in [1.165, 1.54) is 5.56 Å². The molecule has 4 heteroatoms. The molecule has 2 aromatic rings. The molecule has 1 N–H and O–H groups in total. The first-order valence-corrected chi connectivity index (χ1v) is 7.65. The van der Waals surface area contributed by atoms with E-state index in [1.54, 1.807) is 0 Å². The lowest BCUT2D eigenvalue weighted by Gasteiger charge is -2.08. The fourth-order valence-electron chi connectivity index (χ4n) is 2.06. The summed E-state index contributed by atoms with van der Waals surface area (Å²) in [6, 6.07) is 10.9. The molecule has 0 aliphatic rings. The van der Waals surface area contributed by atoms with Crippen LogP contribution >= 0.6 is 11.6 Å². The molecule has 0 fully saturated rings. The van der Waals surface area contributed by atoms with E-state index < -0.39 is 0 Å². The lowest BCUT2D eigenvalue weighted by atomic mass is 10.1. The summed E-state index contributed by atoms with van der Waals surface area (Å²) >= 11 is 5.84. The summed E-state index contributed by atoms with van der Waals surface area (Å²) in [4.78, 5) is 0. The molecule has 0 aliphatic carbocycles. The molecule has 0 saturated carbocycles. The quantitative estimate of drug-likeness (QED) is 0.785. The molecule has 3 nitrogen and oxygen atoms in total. The Kier molecular flexibility index (Phi) is 5.62. The van der Waals surface area contributed by atoms with Crippen molar-refractivity contribution in [1.29, 1.82) is 0 Å². The summed E-state index contributed by atoms with van der Waals surface area (Å²) in [5.74, 6) is 0.563. The lowest BCUT2D eigenvalue weighted by molar-refractivity contribution is 0.471. The van der Waals surface area contributed by atoms with Crippen molar-refractivity contribution in [3.63, 3.8) is 0 Å². The Morgan fingerprint density at radius 1 is 1.25 bits per heavy atom. The Hall–Kier alpha value is -1.32. The van der Waals surface area contributed by atoms with Gasteiger partial charge in [0, 0.05) is 31.2 Å². The second-order valence-electron chi connectivity index (χ2n) is 5.10. The Morgan fingerprint density at radius 3 is 2.80 bits per heavy atom. The molecule has 0 saturated heterocycles. The first-order chi connectivity index (χ1) is 9.72. The number of benzene rings is 1. The molecular formula is C16H22ClN3. The maximum atomic E-state index is 5.84. The summed E-state index contributed by atoms with van der Waals surface area (Å²) in [5.41, 5.74) is 3.50. The summed E-state index contributed by atoms with van der Waals surface area (Å²) in [6.45, 7) is 5.98. The molecule has 1 aromatic heterocycles. The van der Waals surface area contributed by atoms with Gasteiger partial charge >= 0.3 is 0 Å². The van der Waals surface area contributed by atoms with Crippen LogP contribution < -0.4 is 5.32 Å². The molecule has 2 rings (SSSR count). The first-order valence-electron chi connectivity index (χ1n) is 7.11. The maximum absolute atomic E-state index is 5.84. The molecule has 1 unspecified atom stereocenters. The summed E-state index contributed by atoms with van der Waals surface area (Å²) in [5, 5.41) is 8.00. The highest BCUT2D eigenvalue weighted by atomic mass is 35.5. The van der Waals surface area contributed by atoms with E-state index in [1.807, 2.05) is 16.8 Å². The summed E-state index contributed by atoms with van der Waals surface area (Å²) in [7, 11) is 0. The van der Waals surface area contributed by atoms with Crippen molar-refractivity contribution in [3.8, 4) is 0 Å². The average Bonchev–Trinajstić information content (AvgIpc) is 2.95. The van der Waals surface area contributed by atoms with Gasteiger partial charge in [-0.25, -0.2) is 0 Å². The Bertz CT molecular complexity index is 536. The third-order valence-corrected chi connectivity index (χ3v) is 3.80. The number of halogens is 1. The highest BCUT2D eigenvalue weighted by Gasteiger charge is 2.04. The molecule has 0 spiro atoms. The van der Waals surface area contributed by atoms with Gasteiger partial charge in [0.1, 0.15) is 0 Å². The van der Waals surface area contributed by atoms with E-state index in [4.69, 9.17) is 11.6 Å². The molecule has 1 aromatic carbocycles. The Balaban J connectivity index is 1.84. The van der Waals surface area contributed by atoms with E-state index >= 15 is 0 Å². The number of hydrogen-bond donors (Lipinski definition) is 1. The first kappa shape index (κ1) is 15.1. The van der Waals surface area contributed by atoms with Gasteiger partial charge in [0.05, 0.1) is 5.69 Å². The largest absolute Gasteiger partial charge is 0.307 e. The van der Waals surface area contributed by atoms with Gasteiger partial charge < -0.3 is 5.32 Å². The normalized spacial score (nSPS) is 12.6. The Morgan fingerprint density at radius 2 is 2.05 bits per heavy atom. The van der Waals surface area contributed by atoms with Crippen molar-refractivity contribution in [1.82, 2.24) is 15.1 Å². The molecule has 0 radical (unpaired) electrons. The summed E-state index contributed by atoms with van der Waals surface area (Å²) in [6.07, 6.45) is 3.15. The molecule has 0 aliphatic heterocycles. The number of aromatic nitrogens is 2. The van der Waals surface area contributed by atoms with E-state index in [0.717, 1.165) is 30.8 Å². The van der Waals surface area contributed by atoms with Crippen molar-refractivity contribution >= 4 is 11.6 Å². The van der Waals surface area contributed by atoms with E-state index in [-0.39, 0.29) is 0 Å². The van der Waals surface area contributed by atoms with Crippen LogP contribution in [0.2, 0.25) is 0 Å². The number of alkyl halides is 1. The van der Waals surface area contributed by atoms with Crippen LogP contribution in [-0.4, -0.2) is 9.78 Å². The molecule has 0 amide bonds. The number of nitrogens with zero attached hydrogens (tertiary/aromatic N) is 2. The second kappa shape index (κ2) is 7.46. The van der Waals surface area contributed by atoms with Crippen molar-refractivity contribution in [3.05, 3.63) is 53.3 Å². The molecule has 1 heterocycles. The average molecular weight is 292 g/mol. The van der Waals surface area contributed by atoms with Crippen LogP contribution in [0.1, 0.15) is 43.1 Å². The van der Waals surface area contributed by atoms with Crippen LogP contribution in [0.3, 0.4) is 0 Å². The van der Waals surface area contributed by atoms with Gasteiger partial charge in [0.15, 0.2) is 0 Å². The number of hydrogen-bond acceptors (Lipinski definition) is 2. The van der Waals surface area contributed by atoms with Crippen LogP contribution in [0.25, 0.3) is 0 Å². The maximum Gasteiger partial charge on any atom is 0.0762 e. The van der Waals surface area contributed by atoms with E-state index in [2.05, 4.69) is 48.7 Å². The fraction of sp³-hybridized carbons (Fsp3) is 0.438. The minimum absolute atomic E-state index is 0.462. The smallest absolute Gasteiger partial charge is 0.0762 e. The highest BCUT2D eigenvalue weighted by molar-refractivity contribution is 6.17. The van der Waals surface area contributed by atoms with Crippen LogP contribution in [0.15, 0.2) is 36.5 Å². The SMILES string of the molecule is CCC(C)n1ccc(CNCc2cccc(CCl)c2)n1. The third-order valence-electron chi connectivity index (χ3n) is 3.49. The van der Waals surface area contributed by atoms with Gasteiger partial charge in [0.25, 0.3) is 0 Å². The minimum Gasteiger partial charge on any atom is -0.307 e. The van der Waals surface area contributed by atoms with Crippen LogP contribution in [0, 0.1) is 0 Å². The second-order valence-corrected chi connectivity index (χ2v) is 5.37. The predicted molar refractivity (Wildman–Crippen MR) is 83.8 cm³/mol. The van der Waals surface area contributed by atoms with Crippen molar-refractivity contribution in [2.24, 2.45) is 0 Å². The number of rotatable bonds is 7. The molecular weight excluding hydrogens is 270 g/mol. The van der Waals surface area contributed by atoms with E-state index in [0.29, 0.717) is 11.9 Å². The minimum atomic E-state index is 0.462. The van der Waals surface area contributed by atoms with Gasteiger partial charge in [-0.15, -0.1) is 11.6 Å². The van der Waals surface area contributed by atoms with Gasteiger partial charge in [-0.05, 0) is 30.5 Å². The van der Waals surface area contributed by atoms with Crippen LogP contribution in [0.4, 0.5) is 0 Å². The van der Waals surface area contributed by atoms with Crippen molar-refractivity contribution in [2.45, 2.75) is 45.3 Å². The molecule has 108 valence electrons. The zero-order chi connectivity index (χ0) is 14.4. The van der Waals surface area contributed by atoms with Crippen molar-refractivity contribution < 1.29 is 0 Å². The molecule has 1 atom stereocenters. The van der Waals surface area contributed by atoms with Gasteiger partial charge in [-0.1, -0.05) is 31.2 Å². The summed E-state index contributed by atoms with van der Waals surface area (Å²) < 4.78 is 2.03. The van der Waals surface area contributed by atoms with Crippen LogP contribution in [-0.2, 0) is 19.0 Å². The van der Waals surface area contributed by atoms with Gasteiger partial charge in [-0.2, -0.15) is 5.10 Å². The standard InChI is InChI=1S/C16H22ClN3/c1-3-13(2)20-8-7-16(19-20)12-18-11-15-6-4-5-14(9-15)10-17/h4-9,13,18H,3,10-12H2,1-2H3. The highest BCUT2D eigenvalue weighted by Crippen LogP contribution is 2.10. The molecule has 20 heavy (non-hydrogen) atoms. The van der Waals surface area contributed by atoms with Gasteiger partial charge in [-0.3, -0.25) is 4.68 Å². The van der Waals surface area contributed by atoms with Crippen LogP contribution in [0.5, 0.6) is 0 Å². The lowest BCUT2D eigenvalue weighted by Crippen LogP contribution is -2.14.